The average molecular weight is 571 g/mol. The molecule has 1 aliphatic carbocycles. The zero-order valence-electron chi connectivity index (χ0n) is 23.7. The smallest absolute Gasteiger partial charge is 0.224 e. The van der Waals surface area contributed by atoms with E-state index in [1.54, 1.807) is 42.9 Å². The number of nitrogens with two attached hydrogens (primary N) is 1. The summed E-state index contributed by atoms with van der Waals surface area (Å²) in [5, 5.41) is 5.68. The number of nitrogens with one attached hydrogen (secondary N) is 2. The molecule has 0 saturated heterocycles. The average Bonchev–Trinajstić information content (AvgIpc) is 3.37. The minimum Gasteiger partial charge on any atom is -0.383 e. The molecule has 43 heavy (non-hydrogen) atoms. The quantitative estimate of drug-likeness (QED) is 0.225. The number of pyridine rings is 3. The molecule has 2 unspecified atom stereocenters. The number of fused-ring (bicyclic) bond motifs is 1. The number of carbonyl (C=O) groups excluding carboxylic acids is 2. The van der Waals surface area contributed by atoms with Crippen LogP contribution in [-0.2, 0) is 9.59 Å². The minimum absolute atomic E-state index is 0.0251. The lowest BCUT2D eigenvalue weighted by Crippen LogP contribution is -2.21. The van der Waals surface area contributed by atoms with Gasteiger partial charge >= 0.3 is 0 Å². The van der Waals surface area contributed by atoms with Crippen molar-refractivity contribution in [3.63, 3.8) is 0 Å². The highest BCUT2D eigenvalue weighted by Crippen LogP contribution is 2.35. The van der Waals surface area contributed by atoms with Gasteiger partial charge in [0, 0.05) is 54.6 Å². The molecule has 1 aromatic carbocycles. The normalized spacial score (nSPS) is 16.1. The maximum atomic E-state index is 13.0. The molecule has 0 fully saturated rings. The second-order valence-electron chi connectivity index (χ2n) is 10.5. The van der Waals surface area contributed by atoms with Gasteiger partial charge in [0.25, 0.3) is 0 Å². The van der Waals surface area contributed by atoms with Crippen LogP contribution in [0.25, 0.3) is 39.5 Å². The zero-order valence-corrected chi connectivity index (χ0v) is 23.7. The first-order valence-electron chi connectivity index (χ1n) is 13.9. The summed E-state index contributed by atoms with van der Waals surface area (Å²) in [5.41, 5.74) is 12.2. The van der Waals surface area contributed by atoms with Crippen molar-refractivity contribution in [2.45, 2.75) is 20.3 Å². The van der Waals surface area contributed by atoms with Crippen LogP contribution in [0.3, 0.4) is 0 Å². The van der Waals surface area contributed by atoms with Gasteiger partial charge in [0.15, 0.2) is 11.5 Å². The first-order valence-corrected chi connectivity index (χ1v) is 13.9. The Kier molecular flexibility index (Phi) is 7.48. The van der Waals surface area contributed by atoms with E-state index >= 15 is 0 Å². The van der Waals surface area contributed by atoms with Crippen molar-refractivity contribution in [3.05, 3.63) is 97.5 Å². The molecule has 0 aliphatic heterocycles. The third-order valence-electron chi connectivity index (χ3n) is 7.31. The Hall–Kier alpha value is -5.64. The lowest BCUT2D eigenvalue weighted by Gasteiger charge is -2.24. The molecule has 0 spiro atoms. The molecule has 0 radical (unpaired) electrons. The summed E-state index contributed by atoms with van der Waals surface area (Å²) < 4.78 is 2.00. The maximum absolute atomic E-state index is 13.0. The summed E-state index contributed by atoms with van der Waals surface area (Å²) in [6.45, 7) is 3.53. The van der Waals surface area contributed by atoms with E-state index in [4.69, 9.17) is 15.7 Å². The number of anilines is 3. The predicted molar refractivity (Wildman–Crippen MR) is 168 cm³/mol. The summed E-state index contributed by atoms with van der Waals surface area (Å²) >= 11 is 0. The minimum atomic E-state index is -0.171. The van der Waals surface area contributed by atoms with E-state index in [-0.39, 0.29) is 23.7 Å². The summed E-state index contributed by atoms with van der Waals surface area (Å²) in [4.78, 5) is 42.8. The van der Waals surface area contributed by atoms with Gasteiger partial charge in [0.1, 0.15) is 11.3 Å². The number of imidazole rings is 1. The highest BCUT2D eigenvalue weighted by molar-refractivity contribution is 5.94. The highest BCUT2D eigenvalue weighted by atomic mass is 16.2. The Morgan fingerprint density at radius 3 is 2.53 bits per heavy atom. The van der Waals surface area contributed by atoms with Crippen LogP contribution in [0.2, 0.25) is 0 Å². The van der Waals surface area contributed by atoms with Gasteiger partial charge in [0.05, 0.1) is 11.3 Å². The molecule has 10 heteroatoms. The molecule has 6 rings (SSSR count). The van der Waals surface area contributed by atoms with E-state index in [9.17, 15) is 9.59 Å². The van der Waals surface area contributed by atoms with E-state index in [0.29, 0.717) is 40.6 Å². The number of hydrogen-bond donors (Lipinski definition) is 3. The molecule has 4 aromatic heterocycles. The zero-order chi connectivity index (χ0) is 29.9. The van der Waals surface area contributed by atoms with Gasteiger partial charge < -0.3 is 16.4 Å². The maximum Gasteiger partial charge on any atom is 0.224 e. The SMILES string of the molecule is CC(=O)Nc1cccc(NC(=O)CC2C=CC(n3c(-c4cccnc4N)nc4ccc(-c5cccnc5)nc43)=CC2C)c1. The fraction of sp³-hybridized carbons (Fsp3) is 0.152. The Morgan fingerprint density at radius 1 is 0.977 bits per heavy atom. The van der Waals surface area contributed by atoms with Crippen molar-refractivity contribution in [3.8, 4) is 22.6 Å². The van der Waals surface area contributed by atoms with E-state index in [1.165, 1.54) is 6.92 Å². The Bertz CT molecular complexity index is 1890. The predicted octanol–water partition coefficient (Wildman–Crippen LogP) is 5.79. The summed E-state index contributed by atoms with van der Waals surface area (Å²) in [7, 11) is 0. The van der Waals surface area contributed by atoms with Crippen molar-refractivity contribution in [1.29, 1.82) is 0 Å². The van der Waals surface area contributed by atoms with Crippen molar-refractivity contribution < 1.29 is 9.59 Å². The molecular formula is C33H30N8O2. The molecule has 5 aromatic rings. The largest absolute Gasteiger partial charge is 0.383 e. The van der Waals surface area contributed by atoms with Gasteiger partial charge in [-0.3, -0.25) is 19.1 Å². The summed E-state index contributed by atoms with van der Waals surface area (Å²) in [6, 6.07) is 18.5. The monoisotopic (exact) mass is 570 g/mol. The number of amides is 2. The molecule has 10 nitrogen and oxygen atoms in total. The van der Waals surface area contributed by atoms with Crippen LogP contribution in [-0.4, -0.2) is 36.3 Å². The molecule has 214 valence electrons. The lowest BCUT2D eigenvalue weighted by molar-refractivity contribution is -0.117. The van der Waals surface area contributed by atoms with Gasteiger partial charge in [-0.1, -0.05) is 25.1 Å². The summed E-state index contributed by atoms with van der Waals surface area (Å²) in [6.07, 6.45) is 11.6. The number of aromatic nitrogens is 5. The van der Waals surface area contributed by atoms with Crippen LogP contribution in [0.5, 0.6) is 0 Å². The van der Waals surface area contributed by atoms with Crippen LogP contribution in [0.4, 0.5) is 17.2 Å². The van der Waals surface area contributed by atoms with Crippen LogP contribution in [0.1, 0.15) is 20.3 Å². The number of carbonyl (C=O) groups is 2. The third kappa shape index (κ3) is 5.89. The second-order valence-corrected chi connectivity index (χ2v) is 10.5. The van der Waals surface area contributed by atoms with Crippen LogP contribution >= 0.6 is 0 Å². The molecule has 4 heterocycles. The van der Waals surface area contributed by atoms with Gasteiger partial charge in [0.2, 0.25) is 11.8 Å². The van der Waals surface area contributed by atoms with E-state index < -0.39 is 0 Å². The molecular weight excluding hydrogens is 540 g/mol. The highest BCUT2D eigenvalue weighted by Gasteiger charge is 2.25. The fourth-order valence-corrected chi connectivity index (χ4v) is 5.22. The number of allylic oxidation sites excluding steroid dienone is 4. The van der Waals surface area contributed by atoms with Gasteiger partial charge in [-0.15, -0.1) is 0 Å². The number of rotatable bonds is 7. The van der Waals surface area contributed by atoms with E-state index in [0.717, 1.165) is 22.5 Å². The van der Waals surface area contributed by atoms with Crippen molar-refractivity contribution >= 4 is 45.9 Å². The molecule has 1 aliphatic rings. The van der Waals surface area contributed by atoms with Crippen molar-refractivity contribution in [2.75, 3.05) is 16.4 Å². The first-order chi connectivity index (χ1) is 20.9. The van der Waals surface area contributed by atoms with Crippen LogP contribution < -0.4 is 16.4 Å². The summed E-state index contributed by atoms with van der Waals surface area (Å²) in [5.74, 6) is 0.734. The third-order valence-corrected chi connectivity index (χ3v) is 7.31. The van der Waals surface area contributed by atoms with Gasteiger partial charge in [-0.25, -0.2) is 15.0 Å². The van der Waals surface area contributed by atoms with E-state index in [1.807, 2.05) is 47.0 Å². The second kappa shape index (κ2) is 11.7. The number of hydrogen-bond acceptors (Lipinski definition) is 7. The lowest BCUT2D eigenvalue weighted by atomic mass is 9.86. The molecule has 2 amide bonds. The molecule has 0 saturated carbocycles. The van der Waals surface area contributed by atoms with Crippen molar-refractivity contribution in [2.24, 2.45) is 11.8 Å². The Balaban J connectivity index is 1.30. The van der Waals surface area contributed by atoms with Gasteiger partial charge in [-0.05, 0) is 72.5 Å². The van der Waals surface area contributed by atoms with E-state index in [2.05, 4.69) is 39.7 Å². The van der Waals surface area contributed by atoms with Gasteiger partial charge in [-0.2, -0.15) is 0 Å². The van der Waals surface area contributed by atoms with Crippen molar-refractivity contribution in [1.82, 2.24) is 24.5 Å². The molecule has 4 N–H and O–H groups in total. The fourth-order valence-electron chi connectivity index (χ4n) is 5.22. The topological polar surface area (TPSA) is 141 Å². The van der Waals surface area contributed by atoms with Crippen LogP contribution in [0, 0.1) is 11.8 Å². The Morgan fingerprint density at radius 2 is 1.79 bits per heavy atom. The van der Waals surface area contributed by atoms with Crippen LogP contribution in [0.15, 0.2) is 97.5 Å². The number of nitrogens with zero attached hydrogens (tertiary/aromatic N) is 5. The number of benzene rings is 1. The Labute approximate surface area is 248 Å². The molecule has 2 atom stereocenters. The number of nitrogen functional groups attached to an aromatic ring is 1. The molecule has 0 bridgehead atoms. The standard InChI is InChI=1S/C33H30N8O2/c1-20-16-26(11-10-22(20)17-30(43)38-25-8-3-7-24(18-25)37-21(2)42)41-32(27-9-5-15-36-31(27)34)40-29-13-12-28(39-33(29)41)23-6-4-14-35-19-23/h3-16,18-20,22H,17H2,1-2H3,(H2,34,36)(H,37,42)(H,38,43). The first kappa shape index (κ1) is 27.5.